The highest BCUT2D eigenvalue weighted by Crippen LogP contribution is 2.57. The molecule has 56 heavy (non-hydrogen) atoms. The molecule has 3 aliphatic rings. The summed E-state index contributed by atoms with van der Waals surface area (Å²) in [7, 11) is 0. The molecule has 0 atom stereocenters. The first kappa shape index (κ1) is 33.2. The molecule has 0 N–H and O–H groups in total. The second-order valence-electron chi connectivity index (χ2n) is 17.8. The molecule has 0 heterocycles. The molecule has 270 valence electrons. The largest absolute Gasteiger partial charge is 0.310 e. The molecule has 3 aliphatic carbocycles. The van der Waals surface area contributed by atoms with Gasteiger partial charge in [0.05, 0.1) is 5.69 Å². The van der Waals surface area contributed by atoms with Crippen LogP contribution in [0.5, 0.6) is 0 Å². The first-order valence-electron chi connectivity index (χ1n) is 20.1. The van der Waals surface area contributed by atoms with Crippen LogP contribution in [0.1, 0.15) is 74.9 Å². The van der Waals surface area contributed by atoms with Crippen LogP contribution in [0, 0.1) is 0 Å². The van der Waals surface area contributed by atoms with Crippen molar-refractivity contribution in [3.05, 3.63) is 197 Å². The van der Waals surface area contributed by atoms with Gasteiger partial charge >= 0.3 is 0 Å². The van der Waals surface area contributed by atoms with Crippen LogP contribution in [0.4, 0.5) is 17.1 Å². The van der Waals surface area contributed by atoms with E-state index in [0.717, 1.165) is 0 Å². The lowest BCUT2D eigenvalue weighted by atomic mass is 9.67. The van der Waals surface area contributed by atoms with Crippen LogP contribution in [-0.2, 0) is 16.2 Å². The maximum atomic E-state index is 2.57. The maximum absolute atomic E-state index is 2.57. The van der Waals surface area contributed by atoms with Crippen molar-refractivity contribution in [2.75, 3.05) is 4.90 Å². The molecule has 0 fully saturated rings. The van der Waals surface area contributed by atoms with Crippen molar-refractivity contribution in [3.63, 3.8) is 0 Å². The minimum Gasteiger partial charge on any atom is -0.310 e. The second-order valence-corrected chi connectivity index (χ2v) is 17.8. The topological polar surface area (TPSA) is 3.24 Å². The fourth-order valence-electron chi connectivity index (χ4n) is 10.7. The Morgan fingerprint density at radius 3 is 1.46 bits per heavy atom. The molecule has 0 bridgehead atoms. The van der Waals surface area contributed by atoms with Gasteiger partial charge < -0.3 is 4.90 Å². The summed E-state index contributed by atoms with van der Waals surface area (Å²) in [4.78, 5) is 2.57. The van der Waals surface area contributed by atoms with E-state index in [1.165, 1.54) is 106 Å². The molecule has 8 aromatic rings. The Bertz CT molecular complexity index is 2830. The zero-order valence-corrected chi connectivity index (χ0v) is 33.0. The van der Waals surface area contributed by atoms with Gasteiger partial charge in [0, 0.05) is 33.2 Å². The minimum absolute atomic E-state index is 0.121. The first-order valence-corrected chi connectivity index (χ1v) is 20.1. The average molecular weight is 720 g/mol. The van der Waals surface area contributed by atoms with Gasteiger partial charge in [-0.05, 0) is 119 Å². The second kappa shape index (κ2) is 11.4. The van der Waals surface area contributed by atoms with Crippen LogP contribution < -0.4 is 4.90 Å². The van der Waals surface area contributed by atoms with Crippen LogP contribution in [0.2, 0.25) is 0 Å². The quantitative estimate of drug-likeness (QED) is 0.175. The Morgan fingerprint density at radius 2 is 0.839 bits per heavy atom. The molecule has 0 spiro atoms. The molecule has 0 aromatic heterocycles. The van der Waals surface area contributed by atoms with E-state index in [-0.39, 0.29) is 16.2 Å². The summed E-state index contributed by atoms with van der Waals surface area (Å²) in [5, 5.41) is 2.63. The van der Waals surface area contributed by atoms with E-state index in [2.05, 4.69) is 210 Å². The van der Waals surface area contributed by atoms with Gasteiger partial charge in [-0.3, -0.25) is 0 Å². The maximum Gasteiger partial charge on any atom is 0.0546 e. The molecule has 1 nitrogen and oxygen atoms in total. The van der Waals surface area contributed by atoms with Crippen LogP contribution in [-0.4, -0.2) is 0 Å². The van der Waals surface area contributed by atoms with E-state index >= 15 is 0 Å². The highest BCUT2D eigenvalue weighted by molar-refractivity contribution is 6.10. The summed E-state index contributed by atoms with van der Waals surface area (Å²) >= 11 is 0. The summed E-state index contributed by atoms with van der Waals surface area (Å²) in [6.07, 6.45) is 0. The van der Waals surface area contributed by atoms with Crippen LogP contribution in [0.15, 0.2) is 164 Å². The Hall–Kier alpha value is -6.18. The van der Waals surface area contributed by atoms with Crippen molar-refractivity contribution >= 4 is 27.8 Å². The van der Waals surface area contributed by atoms with Crippen LogP contribution in [0.3, 0.4) is 0 Å². The van der Waals surface area contributed by atoms with Gasteiger partial charge in [-0.15, -0.1) is 0 Å². The Kier molecular flexibility index (Phi) is 6.77. The number of benzene rings is 8. The molecular formula is C55H45N. The van der Waals surface area contributed by atoms with Gasteiger partial charge in [-0.25, -0.2) is 0 Å². The summed E-state index contributed by atoms with van der Waals surface area (Å²) < 4.78 is 0. The third kappa shape index (κ3) is 4.43. The zero-order chi connectivity index (χ0) is 38.1. The number of hydrogen-bond acceptors (Lipinski definition) is 1. The lowest BCUT2D eigenvalue weighted by Gasteiger charge is -2.38. The van der Waals surface area contributed by atoms with Crippen molar-refractivity contribution in [1.29, 1.82) is 0 Å². The number of anilines is 3. The SMILES string of the molecule is CC1(C)c2ccccc2-c2ccc(N(c3ccc4c(c3)C(C)(C)c3ccccc3-4)c3ccc4cccc5c4c3-c3ccc(-c4ccccc4)cc3C5(C)C)cc21. The number of hydrogen-bond donors (Lipinski definition) is 0. The third-order valence-corrected chi connectivity index (χ3v) is 13.7. The third-order valence-electron chi connectivity index (χ3n) is 13.7. The minimum atomic E-state index is -0.192. The molecule has 0 radical (unpaired) electrons. The predicted octanol–water partition coefficient (Wildman–Crippen LogP) is 14.9. The van der Waals surface area contributed by atoms with Gasteiger partial charge in [0.1, 0.15) is 0 Å². The standard InChI is InChI=1S/C55H45N/c1-53(2)44-20-12-10-18-39(44)41-28-25-37(32-48(41)53)56(38-26-29-42-40-19-11-13-21-45(40)54(3,4)49(42)33-38)50-30-24-35-17-14-22-46-51(35)52(50)43-27-23-36(31-47(43)55(46,5)6)34-15-8-7-9-16-34/h7-33H,1-6H3. The van der Waals surface area contributed by atoms with Crippen LogP contribution >= 0.6 is 0 Å². The summed E-state index contributed by atoms with van der Waals surface area (Å²) in [6, 6.07) is 62.0. The lowest BCUT2D eigenvalue weighted by molar-refractivity contribution is 0.645. The smallest absolute Gasteiger partial charge is 0.0546 e. The van der Waals surface area contributed by atoms with E-state index < -0.39 is 0 Å². The average Bonchev–Trinajstić information content (AvgIpc) is 3.59. The molecular weight excluding hydrogens is 675 g/mol. The molecule has 0 unspecified atom stereocenters. The van der Waals surface area contributed by atoms with Crippen molar-refractivity contribution < 1.29 is 0 Å². The van der Waals surface area contributed by atoms with Crippen molar-refractivity contribution in [1.82, 2.24) is 0 Å². The Balaban J connectivity index is 1.20. The Labute approximate surface area is 330 Å². The lowest BCUT2D eigenvalue weighted by Crippen LogP contribution is -2.25. The summed E-state index contributed by atoms with van der Waals surface area (Å²) in [6.45, 7) is 14.4. The Morgan fingerprint density at radius 1 is 0.339 bits per heavy atom. The molecule has 0 saturated heterocycles. The van der Waals surface area contributed by atoms with Gasteiger partial charge in [-0.1, -0.05) is 169 Å². The molecule has 0 saturated carbocycles. The van der Waals surface area contributed by atoms with Gasteiger partial charge in [0.2, 0.25) is 0 Å². The van der Waals surface area contributed by atoms with E-state index in [1.54, 1.807) is 0 Å². The van der Waals surface area contributed by atoms with Crippen molar-refractivity contribution in [2.24, 2.45) is 0 Å². The van der Waals surface area contributed by atoms with E-state index in [4.69, 9.17) is 0 Å². The summed E-state index contributed by atoms with van der Waals surface area (Å²) in [5.74, 6) is 0. The van der Waals surface area contributed by atoms with Gasteiger partial charge in [-0.2, -0.15) is 0 Å². The van der Waals surface area contributed by atoms with Crippen LogP contribution in [0.25, 0.3) is 55.3 Å². The molecule has 8 aromatic carbocycles. The predicted molar refractivity (Wildman–Crippen MR) is 237 cm³/mol. The van der Waals surface area contributed by atoms with Gasteiger partial charge in [0.15, 0.2) is 0 Å². The fourth-order valence-corrected chi connectivity index (χ4v) is 10.7. The highest BCUT2D eigenvalue weighted by atomic mass is 15.1. The number of fused-ring (bicyclic) bond motifs is 8. The van der Waals surface area contributed by atoms with E-state index in [1.807, 2.05) is 0 Å². The number of nitrogens with zero attached hydrogens (tertiary/aromatic N) is 1. The summed E-state index contributed by atoms with van der Waals surface area (Å²) in [5.41, 5.74) is 21.9. The van der Waals surface area contributed by atoms with E-state index in [9.17, 15) is 0 Å². The monoisotopic (exact) mass is 719 g/mol. The highest BCUT2D eigenvalue weighted by Gasteiger charge is 2.40. The molecule has 0 aliphatic heterocycles. The normalized spacial score (nSPS) is 15.8. The van der Waals surface area contributed by atoms with Crippen molar-refractivity contribution in [3.8, 4) is 44.5 Å². The first-order chi connectivity index (χ1) is 27.0. The van der Waals surface area contributed by atoms with E-state index in [0.29, 0.717) is 0 Å². The molecule has 0 amide bonds. The van der Waals surface area contributed by atoms with Gasteiger partial charge in [0.25, 0.3) is 0 Å². The fraction of sp³-hybridized carbons (Fsp3) is 0.164. The molecule has 1 heteroatoms. The van der Waals surface area contributed by atoms with Crippen molar-refractivity contribution in [2.45, 2.75) is 57.8 Å². The molecule has 11 rings (SSSR count). The zero-order valence-electron chi connectivity index (χ0n) is 33.0. The number of rotatable bonds is 4.